The molecule has 0 aliphatic heterocycles. The predicted octanol–water partition coefficient (Wildman–Crippen LogP) is -0.356. The minimum atomic E-state index is 0. The molecule has 0 atom stereocenters. The molecule has 5 heteroatoms. The van der Waals surface area contributed by atoms with E-state index in [-0.39, 0.29) is 89.3 Å². The first-order chi connectivity index (χ1) is 0. The van der Waals surface area contributed by atoms with Gasteiger partial charge in [-0.1, -0.05) is 0 Å². The fourth-order valence-corrected chi connectivity index (χ4v) is 0. The topological polar surface area (TPSA) is 85.5 Å². The Bertz CT molecular complexity index is 6.85. The van der Waals surface area contributed by atoms with E-state index in [1.54, 1.807) is 0 Å². The van der Waals surface area contributed by atoms with Crippen LogP contribution in [0.4, 0.5) is 0 Å². The second-order valence-electron chi connectivity index (χ2n) is 0. The maximum Gasteiger partial charge on any atom is 3.00 e. The molecule has 0 aromatic heterocycles. The van der Waals surface area contributed by atoms with Crippen molar-refractivity contribution in [3.63, 3.8) is 0 Å². The average Bonchev–Trinajstić information content (AvgIpc) is 0. The van der Waals surface area contributed by atoms with Gasteiger partial charge in [0.05, 0.1) is 0 Å². The third-order valence-electron chi connectivity index (χ3n) is 0. The third-order valence-corrected chi connectivity index (χ3v) is 0. The Labute approximate surface area is 87.6 Å². The monoisotopic (exact) mass is 353 g/mol. The molecule has 0 spiro atoms. The van der Waals surface area contributed by atoms with Crippen LogP contribution >= 0.6 is 0 Å². The van der Waals surface area contributed by atoms with Crippen molar-refractivity contribution in [1.82, 2.24) is 0 Å². The van der Waals surface area contributed by atoms with Gasteiger partial charge in [0, 0.05) is 0 Å². The number of rotatable bonds is 0. The summed E-state index contributed by atoms with van der Waals surface area (Å²) in [5.41, 5.74) is 0. The maximum absolute atomic E-state index is 0. The van der Waals surface area contributed by atoms with E-state index < -0.39 is 0 Å². The first-order valence-electron chi connectivity index (χ1n) is 0. The van der Waals surface area contributed by atoms with Crippen LogP contribution in [0.3, 0.4) is 0 Å². The van der Waals surface area contributed by atoms with Crippen LogP contribution in [-0.4, -0.2) is 0 Å². The predicted molar refractivity (Wildman–Crippen MR) is 2.06 cm³/mol. The Morgan fingerprint density at radius 2 is 0.600 bits per heavy atom. The molecule has 0 aliphatic carbocycles. The fraction of sp³-hybridized carbons (Fsp3) is 0. The van der Waals surface area contributed by atoms with Crippen molar-refractivity contribution in [3.05, 3.63) is 0 Å². The van der Waals surface area contributed by atoms with Gasteiger partial charge in [0.25, 0.3) is 0 Å². The summed E-state index contributed by atoms with van der Waals surface area (Å²) in [6.07, 6.45) is 0. The van der Waals surface area contributed by atoms with Crippen LogP contribution in [0.15, 0.2) is 0 Å². The molecular weight excluding hydrogens is 354 g/mol. The molecular formula is ErLaO3. The zero-order chi connectivity index (χ0) is 0. The number of hydrogen-bond donors (Lipinski definition) is 0. The summed E-state index contributed by atoms with van der Waals surface area (Å²) in [4.78, 5) is 0. The SMILES string of the molecule is [Er+3].[La+3].[O-2].[O-2].[O-2]. The van der Waals surface area contributed by atoms with Crippen molar-refractivity contribution in [2.24, 2.45) is 0 Å². The summed E-state index contributed by atoms with van der Waals surface area (Å²) < 4.78 is 0. The van der Waals surface area contributed by atoms with E-state index in [4.69, 9.17) is 0 Å². The van der Waals surface area contributed by atoms with Crippen molar-refractivity contribution in [2.45, 2.75) is 0 Å². The molecule has 0 unspecified atom stereocenters. The third kappa shape index (κ3) is 21.9. The van der Waals surface area contributed by atoms with Crippen molar-refractivity contribution < 1.29 is 89.3 Å². The minimum Gasteiger partial charge on any atom is -2.00 e. The van der Waals surface area contributed by atoms with Gasteiger partial charge in [0.1, 0.15) is 0 Å². The van der Waals surface area contributed by atoms with Gasteiger partial charge >= 0.3 is 72.9 Å². The molecule has 0 fully saturated rings. The van der Waals surface area contributed by atoms with E-state index in [2.05, 4.69) is 0 Å². The van der Waals surface area contributed by atoms with Crippen LogP contribution in [-0.2, 0) is 16.4 Å². The summed E-state index contributed by atoms with van der Waals surface area (Å²) in [6.45, 7) is 0. The van der Waals surface area contributed by atoms with E-state index in [1.807, 2.05) is 0 Å². The molecule has 0 bridgehead atoms. The van der Waals surface area contributed by atoms with Crippen LogP contribution in [0.2, 0.25) is 0 Å². The van der Waals surface area contributed by atoms with Crippen molar-refractivity contribution in [3.8, 4) is 0 Å². The van der Waals surface area contributed by atoms with Gasteiger partial charge in [-0.3, -0.25) is 0 Å². The van der Waals surface area contributed by atoms with Crippen LogP contribution in [0.25, 0.3) is 0 Å². The molecule has 0 saturated heterocycles. The molecule has 0 heterocycles. The van der Waals surface area contributed by atoms with Crippen LogP contribution < -0.4 is 0 Å². The summed E-state index contributed by atoms with van der Waals surface area (Å²) >= 11 is 0. The molecule has 3 nitrogen and oxygen atoms in total. The van der Waals surface area contributed by atoms with Gasteiger partial charge in [0.2, 0.25) is 0 Å². The Morgan fingerprint density at radius 1 is 0.600 bits per heavy atom. The second kappa shape index (κ2) is 33.2. The van der Waals surface area contributed by atoms with Gasteiger partial charge in [0.15, 0.2) is 0 Å². The molecule has 5 heavy (non-hydrogen) atoms. The van der Waals surface area contributed by atoms with Crippen molar-refractivity contribution >= 4 is 0 Å². The Kier molecular flexibility index (Phi) is 361. The van der Waals surface area contributed by atoms with E-state index in [9.17, 15) is 0 Å². The Hall–Kier alpha value is 2.32. The molecule has 0 amide bonds. The minimum absolute atomic E-state index is 0. The largest absolute Gasteiger partial charge is 3.00 e. The normalized spacial score (nSPS) is 0. The van der Waals surface area contributed by atoms with Crippen LogP contribution in [0.1, 0.15) is 0 Å². The molecule has 1 radical (unpaired) electrons. The zero-order valence-electron chi connectivity index (χ0n) is 2.09. The summed E-state index contributed by atoms with van der Waals surface area (Å²) in [6, 6.07) is 0. The molecule has 0 aromatic carbocycles. The average molecular weight is 354 g/mol. The van der Waals surface area contributed by atoms with Crippen LogP contribution in [0, 0.1) is 72.9 Å². The Balaban J connectivity index is 0. The number of hydrogen-bond acceptors (Lipinski definition) is 0. The summed E-state index contributed by atoms with van der Waals surface area (Å²) in [7, 11) is 0. The van der Waals surface area contributed by atoms with Gasteiger partial charge in [-0.2, -0.15) is 0 Å². The smallest absolute Gasteiger partial charge is 2.00 e. The van der Waals surface area contributed by atoms with E-state index in [0.29, 0.717) is 0 Å². The van der Waals surface area contributed by atoms with E-state index in [1.165, 1.54) is 0 Å². The van der Waals surface area contributed by atoms with Gasteiger partial charge in [-0.15, -0.1) is 0 Å². The van der Waals surface area contributed by atoms with Crippen molar-refractivity contribution in [2.75, 3.05) is 0 Å². The van der Waals surface area contributed by atoms with Gasteiger partial charge < -0.3 is 16.4 Å². The molecule has 0 aromatic rings. The first-order valence-corrected chi connectivity index (χ1v) is 0. The van der Waals surface area contributed by atoms with E-state index in [0.717, 1.165) is 0 Å². The molecule has 0 aliphatic rings. The standard InChI is InChI=1S/Er.La.3O/q2*+3;3*-2. The molecule has 0 rings (SSSR count). The quantitative estimate of drug-likeness (QED) is 0.569. The molecule has 0 saturated carbocycles. The summed E-state index contributed by atoms with van der Waals surface area (Å²) in [5, 5.41) is 0. The maximum atomic E-state index is 0. The van der Waals surface area contributed by atoms with E-state index >= 15 is 0 Å². The van der Waals surface area contributed by atoms with Gasteiger partial charge in [-0.25, -0.2) is 0 Å². The zero-order valence-corrected chi connectivity index (χ0v) is 7.57. The van der Waals surface area contributed by atoms with Crippen molar-refractivity contribution in [1.29, 1.82) is 0 Å². The molecule has 33 valence electrons. The first kappa shape index (κ1) is 54.3. The van der Waals surface area contributed by atoms with Crippen LogP contribution in [0.5, 0.6) is 0 Å². The second-order valence-corrected chi connectivity index (χ2v) is 0. The summed E-state index contributed by atoms with van der Waals surface area (Å²) in [5.74, 6) is 0. The van der Waals surface area contributed by atoms with Gasteiger partial charge in [-0.05, 0) is 0 Å². The fourth-order valence-electron chi connectivity index (χ4n) is 0. The Morgan fingerprint density at radius 3 is 0.600 bits per heavy atom. The molecule has 0 N–H and O–H groups in total.